The molecule has 0 radical (unpaired) electrons. The number of fused-ring (bicyclic) bond motifs is 1. The molecule has 248 valence electrons. The Balaban J connectivity index is 1.20. The maximum atomic E-state index is 15.1. The monoisotopic (exact) mass is 654 g/mol. The molecule has 0 aliphatic carbocycles. The molecule has 0 atom stereocenters. The van der Waals surface area contributed by atoms with E-state index in [1.165, 1.54) is 31.4 Å². The van der Waals surface area contributed by atoms with Crippen LogP contribution in [0.25, 0.3) is 10.9 Å². The molecule has 0 spiro atoms. The maximum absolute atomic E-state index is 15.1. The Labute approximate surface area is 269 Å². The number of halogens is 4. The van der Waals surface area contributed by atoms with Crippen molar-refractivity contribution in [2.24, 2.45) is 5.10 Å². The third-order valence-electron chi connectivity index (χ3n) is 7.53. The summed E-state index contributed by atoms with van der Waals surface area (Å²) in [6.45, 7) is 6.27. The van der Waals surface area contributed by atoms with Gasteiger partial charge in [0.15, 0.2) is 23.1 Å². The van der Waals surface area contributed by atoms with Gasteiger partial charge in [-0.2, -0.15) is 18.3 Å². The minimum Gasteiger partial charge on any atom is -0.493 e. The number of methoxy groups -OCH3 is 1. The van der Waals surface area contributed by atoms with Crippen LogP contribution in [0, 0.1) is 5.82 Å². The van der Waals surface area contributed by atoms with Crippen molar-refractivity contribution in [2.45, 2.75) is 25.9 Å². The van der Waals surface area contributed by atoms with E-state index in [4.69, 9.17) is 18.9 Å². The molecule has 3 aromatic carbocycles. The molecule has 13 heteroatoms. The van der Waals surface area contributed by atoms with Crippen LogP contribution in [0.1, 0.15) is 30.0 Å². The van der Waals surface area contributed by atoms with E-state index in [1.54, 1.807) is 37.4 Å². The Morgan fingerprint density at radius 3 is 2.47 bits per heavy atom. The van der Waals surface area contributed by atoms with E-state index in [-0.39, 0.29) is 12.2 Å². The number of hydrogen-bond donors (Lipinski definition) is 1. The summed E-state index contributed by atoms with van der Waals surface area (Å²) in [4.78, 5) is 19.2. The van der Waals surface area contributed by atoms with E-state index in [1.807, 2.05) is 0 Å². The summed E-state index contributed by atoms with van der Waals surface area (Å²) in [5.41, 5.74) is 3.24. The first-order chi connectivity index (χ1) is 22.6. The van der Waals surface area contributed by atoms with Crippen LogP contribution in [0.3, 0.4) is 0 Å². The van der Waals surface area contributed by atoms with Crippen molar-refractivity contribution in [1.82, 2.24) is 15.3 Å². The van der Waals surface area contributed by atoms with Gasteiger partial charge in [-0.05, 0) is 60.9 Å². The van der Waals surface area contributed by atoms with Crippen LogP contribution in [0.5, 0.6) is 23.0 Å². The molecule has 0 saturated carbocycles. The number of benzene rings is 3. The number of carbonyl (C=O) groups excluding carboxylic acids is 1. The second-order valence-electron chi connectivity index (χ2n) is 10.8. The van der Waals surface area contributed by atoms with Crippen molar-refractivity contribution in [1.29, 1.82) is 0 Å². The Hall–Kier alpha value is -4.75. The van der Waals surface area contributed by atoms with Crippen molar-refractivity contribution in [2.75, 3.05) is 46.6 Å². The lowest BCUT2D eigenvalue weighted by Crippen LogP contribution is -2.37. The number of hydrazone groups is 1. The largest absolute Gasteiger partial charge is 0.493 e. The topological polar surface area (TPSA) is 94.5 Å². The first-order valence-electron chi connectivity index (χ1n) is 15.0. The quantitative estimate of drug-likeness (QED) is 0.0821. The molecule has 5 rings (SSSR count). The summed E-state index contributed by atoms with van der Waals surface area (Å²) in [6, 6.07) is 13.7. The van der Waals surface area contributed by atoms with Gasteiger partial charge in [-0.3, -0.25) is 14.7 Å². The SMILES string of the molecule is COc1cc2c(Oc3ccc(CC(=O)N/N=C(\C)c4ccc(C(F)(F)F)cc4)cc3F)ccnc2cc1OCCCN1CCOCC1. The molecule has 2 heterocycles. The lowest BCUT2D eigenvalue weighted by Gasteiger charge is -2.26. The summed E-state index contributed by atoms with van der Waals surface area (Å²) in [5.74, 6) is 0.108. The van der Waals surface area contributed by atoms with Crippen LogP contribution >= 0.6 is 0 Å². The average molecular weight is 655 g/mol. The van der Waals surface area contributed by atoms with E-state index in [9.17, 15) is 18.0 Å². The molecule has 47 heavy (non-hydrogen) atoms. The fourth-order valence-corrected chi connectivity index (χ4v) is 4.98. The van der Waals surface area contributed by atoms with Crippen LogP contribution in [-0.4, -0.2) is 68.1 Å². The van der Waals surface area contributed by atoms with Crippen LogP contribution < -0.4 is 19.6 Å². The van der Waals surface area contributed by atoms with E-state index in [0.29, 0.717) is 51.6 Å². The molecule has 1 aromatic heterocycles. The fraction of sp³-hybridized carbons (Fsp3) is 0.324. The number of morpholine rings is 1. The molecule has 9 nitrogen and oxygen atoms in total. The summed E-state index contributed by atoms with van der Waals surface area (Å²) < 4.78 is 76.4. The molecule has 1 aliphatic rings. The predicted molar refractivity (Wildman–Crippen MR) is 168 cm³/mol. The van der Waals surface area contributed by atoms with Gasteiger partial charge in [0.1, 0.15) is 5.75 Å². The normalized spacial score (nSPS) is 14.2. The molecule has 0 unspecified atom stereocenters. The van der Waals surface area contributed by atoms with Gasteiger partial charge in [0.25, 0.3) is 0 Å². The van der Waals surface area contributed by atoms with Crippen molar-refractivity contribution >= 4 is 22.5 Å². The summed E-state index contributed by atoms with van der Waals surface area (Å²) in [6.07, 6.45) is -2.25. The number of amides is 1. The molecule has 1 amide bonds. The second kappa shape index (κ2) is 15.2. The molecule has 1 saturated heterocycles. The highest BCUT2D eigenvalue weighted by molar-refractivity contribution is 5.99. The third kappa shape index (κ3) is 8.95. The van der Waals surface area contributed by atoms with E-state index >= 15 is 4.39 Å². The summed E-state index contributed by atoms with van der Waals surface area (Å²) in [5, 5.41) is 4.55. The van der Waals surface area contributed by atoms with Crippen LogP contribution in [-0.2, 0) is 22.1 Å². The zero-order valence-corrected chi connectivity index (χ0v) is 25.9. The zero-order chi connectivity index (χ0) is 33.4. The fourth-order valence-electron chi connectivity index (χ4n) is 4.98. The van der Waals surface area contributed by atoms with Crippen molar-refractivity contribution in [3.8, 4) is 23.0 Å². The number of nitrogens with zero attached hydrogens (tertiary/aromatic N) is 3. The van der Waals surface area contributed by atoms with E-state index in [0.717, 1.165) is 51.4 Å². The highest BCUT2D eigenvalue weighted by Gasteiger charge is 2.30. The standard InChI is InChI=1S/C34H34F4N4O5/c1-22(24-5-7-25(8-6-24)34(36,37)38)40-41-33(43)19-23-4-9-30(27(35)18-23)47-29-10-11-39-28-21-32(31(44-2)20-26(28)29)46-15-3-12-42-13-16-45-17-14-42/h4-11,18,20-21H,3,12-17,19H2,1-2H3,(H,41,43)/b40-22+. The third-order valence-corrected chi connectivity index (χ3v) is 7.53. The maximum Gasteiger partial charge on any atom is 0.416 e. The van der Waals surface area contributed by atoms with Gasteiger partial charge < -0.3 is 18.9 Å². The van der Waals surface area contributed by atoms with Gasteiger partial charge >= 0.3 is 6.18 Å². The highest BCUT2D eigenvalue weighted by atomic mass is 19.4. The smallest absolute Gasteiger partial charge is 0.416 e. The van der Waals surface area contributed by atoms with Crippen LogP contribution in [0.4, 0.5) is 17.6 Å². The molecule has 1 fully saturated rings. The number of pyridine rings is 1. The van der Waals surface area contributed by atoms with E-state index in [2.05, 4.69) is 20.4 Å². The first kappa shape index (κ1) is 33.6. The lowest BCUT2D eigenvalue weighted by molar-refractivity contribution is -0.137. The number of hydrogen-bond acceptors (Lipinski definition) is 8. The van der Waals surface area contributed by atoms with Gasteiger partial charge in [0.2, 0.25) is 5.91 Å². The Morgan fingerprint density at radius 2 is 1.77 bits per heavy atom. The summed E-state index contributed by atoms with van der Waals surface area (Å²) in [7, 11) is 1.54. The number of rotatable bonds is 12. The average Bonchev–Trinajstić information content (AvgIpc) is 3.06. The van der Waals surface area contributed by atoms with E-state index < -0.39 is 23.5 Å². The van der Waals surface area contributed by atoms with Gasteiger partial charge in [-0.15, -0.1) is 0 Å². The first-order valence-corrected chi connectivity index (χ1v) is 15.0. The molecular formula is C34H34F4N4O5. The number of alkyl halides is 3. The number of carbonyl (C=O) groups is 1. The molecular weight excluding hydrogens is 620 g/mol. The molecule has 1 aliphatic heterocycles. The summed E-state index contributed by atoms with van der Waals surface area (Å²) >= 11 is 0. The number of nitrogens with one attached hydrogen (secondary N) is 1. The van der Waals surface area contributed by atoms with Crippen LogP contribution in [0.15, 0.2) is 72.0 Å². The molecule has 1 N–H and O–H groups in total. The molecule has 4 aromatic rings. The lowest BCUT2D eigenvalue weighted by atomic mass is 10.1. The van der Waals surface area contributed by atoms with Crippen molar-refractivity contribution in [3.63, 3.8) is 0 Å². The highest BCUT2D eigenvalue weighted by Crippen LogP contribution is 2.38. The van der Waals surface area contributed by atoms with Gasteiger partial charge in [-0.25, -0.2) is 9.82 Å². The minimum absolute atomic E-state index is 0.0553. The van der Waals surface area contributed by atoms with Gasteiger partial charge in [0, 0.05) is 37.3 Å². The Kier molecular flexibility index (Phi) is 10.9. The zero-order valence-electron chi connectivity index (χ0n) is 25.9. The van der Waals surface area contributed by atoms with Crippen molar-refractivity contribution in [3.05, 3.63) is 89.4 Å². The van der Waals surface area contributed by atoms with Crippen LogP contribution in [0.2, 0.25) is 0 Å². The van der Waals surface area contributed by atoms with Crippen molar-refractivity contribution < 1.29 is 41.3 Å². The Morgan fingerprint density at radius 1 is 1.00 bits per heavy atom. The predicted octanol–water partition coefficient (Wildman–Crippen LogP) is 6.38. The number of aromatic nitrogens is 1. The Bertz CT molecular complexity index is 1720. The van der Waals surface area contributed by atoms with Gasteiger partial charge in [0.05, 0.1) is 50.1 Å². The number of ether oxygens (including phenoxy) is 4. The van der Waals surface area contributed by atoms with Gasteiger partial charge in [-0.1, -0.05) is 18.2 Å². The second-order valence-corrected chi connectivity index (χ2v) is 10.8. The molecule has 0 bridgehead atoms. The minimum atomic E-state index is -4.45.